The maximum Gasteiger partial charge on any atom is 0.308 e. The molecule has 1 N–H and O–H groups in total. The van der Waals surface area contributed by atoms with Gasteiger partial charge in [-0.15, -0.1) is 0 Å². The molecule has 3 rings (SSSR count). The van der Waals surface area contributed by atoms with Crippen LogP contribution in [0.4, 0.5) is 5.69 Å². The number of hydrogen-bond acceptors (Lipinski definition) is 5. The second-order valence-electron chi connectivity index (χ2n) is 5.49. The van der Waals surface area contributed by atoms with Crippen LogP contribution in [0.2, 0.25) is 0 Å². The molecule has 0 aliphatic rings. The summed E-state index contributed by atoms with van der Waals surface area (Å²) in [7, 11) is 0. The number of benzene rings is 2. The molecule has 0 aliphatic carbocycles. The highest BCUT2D eigenvalue weighted by atomic mass is 79.9. The third-order valence-electron chi connectivity index (χ3n) is 3.42. The predicted molar refractivity (Wildman–Crippen MR) is 104 cm³/mol. The Balaban J connectivity index is 1.68. The van der Waals surface area contributed by atoms with Gasteiger partial charge in [0.25, 0.3) is 5.91 Å². The van der Waals surface area contributed by atoms with Crippen LogP contribution < -0.4 is 14.8 Å². The number of halogens is 1. The number of para-hydroxylation sites is 1. The van der Waals surface area contributed by atoms with E-state index in [0.29, 0.717) is 17.3 Å². The molecule has 1 heterocycles. The van der Waals surface area contributed by atoms with E-state index in [0.717, 1.165) is 4.47 Å². The number of carbonyl (C=O) groups excluding carboxylic acids is 2. The van der Waals surface area contributed by atoms with E-state index in [-0.39, 0.29) is 11.3 Å². The first kappa shape index (κ1) is 18.6. The fourth-order valence-corrected chi connectivity index (χ4v) is 2.50. The Kier molecular flexibility index (Phi) is 5.83. The van der Waals surface area contributed by atoms with Crippen LogP contribution in [0.1, 0.15) is 17.3 Å². The average Bonchev–Trinajstić information content (AvgIpc) is 2.65. The molecular formula is C20H15BrN2O4. The molecule has 6 nitrogen and oxygen atoms in total. The molecule has 0 unspecified atom stereocenters. The van der Waals surface area contributed by atoms with Crippen molar-refractivity contribution in [3.05, 3.63) is 76.9 Å². The van der Waals surface area contributed by atoms with Gasteiger partial charge in [0.15, 0.2) is 0 Å². The minimum Gasteiger partial charge on any atom is -0.439 e. The maximum absolute atomic E-state index is 12.5. The lowest BCUT2D eigenvalue weighted by Crippen LogP contribution is -2.15. The first-order valence-corrected chi connectivity index (χ1v) is 8.79. The van der Waals surface area contributed by atoms with Crippen molar-refractivity contribution in [1.29, 1.82) is 0 Å². The molecule has 0 saturated carbocycles. The summed E-state index contributed by atoms with van der Waals surface area (Å²) in [5, 5.41) is 2.72. The van der Waals surface area contributed by atoms with Crippen molar-refractivity contribution in [3.8, 4) is 17.4 Å². The van der Waals surface area contributed by atoms with Crippen LogP contribution in [0, 0.1) is 0 Å². The van der Waals surface area contributed by atoms with Crippen molar-refractivity contribution in [2.75, 3.05) is 5.32 Å². The molecule has 0 atom stereocenters. The van der Waals surface area contributed by atoms with E-state index in [2.05, 4.69) is 26.2 Å². The van der Waals surface area contributed by atoms with Crippen molar-refractivity contribution in [2.45, 2.75) is 6.92 Å². The Labute approximate surface area is 164 Å². The summed E-state index contributed by atoms with van der Waals surface area (Å²) in [6.07, 6.45) is 1.49. The van der Waals surface area contributed by atoms with E-state index in [4.69, 9.17) is 9.47 Å². The van der Waals surface area contributed by atoms with Gasteiger partial charge in [-0.25, -0.2) is 4.98 Å². The van der Waals surface area contributed by atoms with Crippen LogP contribution in [-0.2, 0) is 4.79 Å². The van der Waals surface area contributed by atoms with Crippen LogP contribution in [0.15, 0.2) is 71.3 Å². The lowest BCUT2D eigenvalue weighted by molar-refractivity contribution is -0.131. The molecule has 0 saturated heterocycles. The molecule has 2 aromatic carbocycles. The van der Waals surface area contributed by atoms with Gasteiger partial charge in [0.1, 0.15) is 11.5 Å². The predicted octanol–water partition coefficient (Wildman–Crippen LogP) is 4.81. The first-order valence-electron chi connectivity index (χ1n) is 7.99. The Morgan fingerprint density at radius 3 is 2.41 bits per heavy atom. The number of amides is 1. The van der Waals surface area contributed by atoms with Gasteiger partial charge < -0.3 is 14.8 Å². The van der Waals surface area contributed by atoms with E-state index in [1.54, 1.807) is 36.4 Å². The van der Waals surface area contributed by atoms with Crippen molar-refractivity contribution < 1.29 is 19.1 Å². The van der Waals surface area contributed by atoms with Gasteiger partial charge in [0, 0.05) is 17.5 Å². The van der Waals surface area contributed by atoms with Crippen molar-refractivity contribution >= 4 is 33.5 Å². The molecule has 0 bridgehead atoms. The summed E-state index contributed by atoms with van der Waals surface area (Å²) < 4.78 is 11.7. The fraction of sp³-hybridized carbons (Fsp3) is 0.0500. The molecule has 1 aromatic heterocycles. The lowest BCUT2D eigenvalue weighted by Gasteiger charge is -2.10. The van der Waals surface area contributed by atoms with E-state index >= 15 is 0 Å². The quantitative estimate of drug-likeness (QED) is 0.467. The summed E-state index contributed by atoms with van der Waals surface area (Å²) in [6, 6.07) is 17.2. The minimum atomic E-state index is -0.494. The van der Waals surface area contributed by atoms with Crippen LogP contribution >= 0.6 is 15.9 Å². The zero-order valence-corrected chi connectivity index (χ0v) is 15.9. The molecular weight excluding hydrogens is 412 g/mol. The van der Waals surface area contributed by atoms with E-state index in [1.165, 1.54) is 13.1 Å². The van der Waals surface area contributed by atoms with Crippen LogP contribution in [0.3, 0.4) is 0 Å². The number of ether oxygens (including phenoxy) is 2. The highest BCUT2D eigenvalue weighted by Gasteiger charge is 2.14. The lowest BCUT2D eigenvalue weighted by atomic mass is 10.2. The van der Waals surface area contributed by atoms with E-state index in [9.17, 15) is 9.59 Å². The number of esters is 1. The number of nitrogens with zero attached hydrogens (tertiary/aromatic N) is 1. The molecule has 0 radical (unpaired) electrons. The fourth-order valence-electron chi connectivity index (χ4n) is 2.23. The Morgan fingerprint density at radius 2 is 1.74 bits per heavy atom. The average molecular weight is 427 g/mol. The number of hydrogen-bond donors (Lipinski definition) is 1. The highest BCUT2D eigenvalue weighted by molar-refractivity contribution is 9.10. The van der Waals surface area contributed by atoms with Crippen molar-refractivity contribution in [2.24, 2.45) is 0 Å². The smallest absolute Gasteiger partial charge is 0.308 e. The number of pyridine rings is 1. The third-order valence-corrected chi connectivity index (χ3v) is 3.94. The Bertz CT molecular complexity index is 956. The van der Waals surface area contributed by atoms with E-state index in [1.807, 2.05) is 24.3 Å². The van der Waals surface area contributed by atoms with Gasteiger partial charge >= 0.3 is 5.97 Å². The second-order valence-corrected chi connectivity index (χ2v) is 6.40. The molecule has 0 aliphatic heterocycles. The number of carbonyl (C=O) groups is 2. The van der Waals surface area contributed by atoms with Gasteiger partial charge in [0.05, 0.1) is 17.4 Å². The summed E-state index contributed by atoms with van der Waals surface area (Å²) in [5.74, 6) is 0.348. The minimum absolute atomic E-state index is 0.200. The second kappa shape index (κ2) is 8.46. The normalized spacial score (nSPS) is 10.1. The standard InChI is InChI=1S/C20H15BrN2O4/c1-13(24)26-18-5-3-2-4-17(18)20(25)23-15-8-11-19(22-12-15)27-16-9-6-14(21)7-10-16/h2-12H,1H3,(H,23,25). The van der Waals surface area contributed by atoms with Crippen LogP contribution in [-0.4, -0.2) is 16.9 Å². The number of rotatable bonds is 5. The summed E-state index contributed by atoms with van der Waals surface area (Å²) in [5.41, 5.74) is 0.740. The molecule has 27 heavy (non-hydrogen) atoms. The SMILES string of the molecule is CC(=O)Oc1ccccc1C(=O)Nc1ccc(Oc2ccc(Br)cc2)nc1. The summed E-state index contributed by atoms with van der Waals surface area (Å²) in [4.78, 5) is 27.8. The van der Waals surface area contributed by atoms with Crippen molar-refractivity contribution in [1.82, 2.24) is 4.98 Å². The molecule has 136 valence electrons. The van der Waals surface area contributed by atoms with Gasteiger partial charge in [0.2, 0.25) is 5.88 Å². The summed E-state index contributed by atoms with van der Waals surface area (Å²) >= 11 is 3.36. The third kappa shape index (κ3) is 5.15. The number of aromatic nitrogens is 1. The number of anilines is 1. The molecule has 0 fully saturated rings. The van der Waals surface area contributed by atoms with Gasteiger partial charge in [-0.1, -0.05) is 28.1 Å². The van der Waals surface area contributed by atoms with Gasteiger partial charge in [-0.3, -0.25) is 9.59 Å². The van der Waals surface area contributed by atoms with E-state index < -0.39 is 11.9 Å². The van der Waals surface area contributed by atoms with Crippen LogP contribution in [0.5, 0.6) is 17.4 Å². The Morgan fingerprint density at radius 1 is 1.00 bits per heavy atom. The topological polar surface area (TPSA) is 77.5 Å². The molecule has 1 amide bonds. The molecule has 3 aromatic rings. The molecule has 7 heteroatoms. The van der Waals surface area contributed by atoms with Crippen molar-refractivity contribution in [3.63, 3.8) is 0 Å². The molecule has 0 spiro atoms. The maximum atomic E-state index is 12.5. The van der Waals surface area contributed by atoms with Crippen LogP contribution in [0.25, 0.3) is 0 Å². The Hall–Kier alpha value is -3.19. The van der Waals surface area contributed by atoms with Gasteiger partial charge in [-0.05, 0) is 42.5 Å². The zero-order valence-electron chi connectivity index (χ0n) is 14.3. The number of nitrogens with one attached hydrogen (secondary N) is 1. The largest absolute Gasteiger partial charge is 0.439 e. The highest BCUT2D eigenvalue weighted by Crippen LogP contribution is 2.23. The zero-order chi connectivity index (χ0) is 19.2. The summed E-state index contributed by atoms with van der Waals surface area (Å²) in [6.45, 7) is 1.28. The first-order chi connectivity index (χ1) is 13.0. The monoisotopic (exact) mass is 426 g/mol. The van der Waals surface area contributed by atoms with Gasteiger partial charge in [-0.2, -0.15) is 0 Å².